The van der Waals surface area contributed by atoms with Crippen LogP contribution in [-0.4, -0.2) is 18.2 Å². The Morgan fingerprint density at radius 1 is 1.17 bits per heavy atom. The van der Waals surface area contributed by atoms with Crippen molar-refractivity contribution < 1.29 is 14.3 Å². The van der Waals surface area contributed by atoms with Gasteiger partial charge in [-0.25, -0.2) is 4.79 Å². The van der Waals surface area contributed by atoms with Crippen LogP contribution in [0.15, 0.2) is 12.3 Å². The van der Waals surface area contributed by atoms with Crippen LogP contribution in [0.5, 0.6) is 0 Å². The summed E-state index contributed by atoms with van der Waals surface area (Å²) in [5, 5.41) is 0. The normalized spacial score (nSPS) is 11.2. The van der Waals surface area contributed by atoms with Crippen LogP contribution < -0.4 is 0 Å². The van der Waals surface area contributed by atoms with E-state index in [-0.39, 0.29) is 18.2 Å². The average Bonchev–Trinajstić information content (AvgIpc) is 1.84. The number of carbonyl (C=O) groups is 1. The molecule has 0 atom stereocenters. The summed E-state index contributed by atoms with van der Waals surface area (Å²) in [7, 11) is 0. The Hall–Kier alpha value is -0.990. The monoisotopic (exact) mass is 172 g/mol. The molecule has 0 unspecified atom stereocenters. The molecule has 0 saturated carbocycles. The molecule has 0 radical (unpaired) electrons. The van der Waals surface area contributed by atoms with Crippen LogP contribution in [0.4, 0.5) is 0 Å². The molecule has 0 fully saturated rings. The van der Waals surface area contributed by atoms with E-state index in [0.29, 0.717) is 0 Å². The summed E-state index contributed by atoms with van der Waals surface area (Å²) in [6.07, 6.45) is 2.64. The van der Waals surface area contributed by atoms with Crippen LogP contribution in [0.25, 0.3) is 0 Å². The molecule has 0 amide bonds. The molecule has 3 nitrogen and oxygen atoms in total. The van der Waals surface area contributed by atoms with Crippen molar-refractivity contribution in [1.82, 2.24) is 0 Å². The van der Waals surface area contributed by atoms with Crippen LogP contribution in [0.1, 0.15) is 27.7 Å². The molecular weight excluding hydrogens is 156 g/mol. The smallest absolute Gasteiger partial charge is 0.334 e. The molecule has 0 heterocycles. The van der Waals surface area contributed by atoms with E-state index in [0.717, 1.165) is 0 Å². The molecule has 70 valence electrons. The van der Waals surface area contributed by atoms with Gasteiger partial charge in [-0.15, -0.1) is 0 Å². The van der Waals surface area contributed by atoms with Crippen LogP contribution >= 0.6 is 0 Å². The molecular formula is C9H16O3. The minimum Gasteiger partial charge on any atom is -0.498 e. The van der Waals surface area contributed by atoms with Gasteiger partial charge in [-0.1, -0.05) is 0 Å². The van der Waals surface area contributed by atoms with Crippen LogP contribution in [0.2, 0.25) is 0 Å². The minimum absolute atomic E-state index is 0.0822. The number of rotatable bonds is 4. The molecule has 0 rings (SSSR count). The van der Waals surface area contributed by atoms with Gasteiger partial charge < -0.3 is 9.47 Å². The lowest BCUT2D eigenvalue weighted by molar-refractivity contribution is -0.141. The summed E-state index contributed by atoms with van der Waals surface area (Å²) in [4.78, 5) is 10.8. The maximum atomic E-state index is 10.8. The second-order valence-corrected chi connectivity index (χ2v) is 2.97. The summed E-state index contributed by atoms with van der Waals surface area (Å²) in [5.41, 5.74) is 0. The van der Waals surface area contributed by atoms with Crippen molar-refractivity contribution in [3.8, 4) is 0 Å². The van der Waals surface area contributed by atoms with Crippen molar-refractivity contribution in [2.24, 2.45) is 0 Å². The third kappa shape index (κ3) is 7.12. The molecule has 12 heavy (non-hydrogen) atoms. The number of hydrogen-bond acceptors (Lipinski definition) is 3. The van der Waals surface area contributed by atoms with E-state index < -0.39 is 0 Å². The zero-order chi connectivity index (χ0) is 9.56. The van der Waals surface area contributed by atoms with Gasteiger partial charge in [0, 0.05) is 0 Å². The number of carbonyl (C=O) groups excluding carboxylic acids is 1. The summed E-state index contributed by atoms with van der Waals surface area (Å²) < 4.78 is 9.84. The molecule has 0 bridgehead atoms. The lowest BCUT2D eigenvalue weighted by Crippen LogP contribution is -2.08. The van der Waals surface area contributed by atoms with Crippen molar-refractivity contribution in [3.63, 3.8) is 0 Å². The Balaban J connectivity index is 3.61. The van der Waals surface area contributed by atoms with E-state index >= 15 is 0 Å². The van der Waals surface area contributed by atoms with Gasteiger partial charge in [0.2, 0.25) is 0 Å². The Morgan fingerprint density at radius 2 is 1.75 bits per heavy atom. The second kappa shape index (κ2) is 5.63. The van der Waals surface area contributed by atoms with Crippen molar-refractivity contribution in [1.29, 1.82) is 0 Å². The Kier molecular flexibility index (Phi) is 5.17. The molecule has 0 saturated heterocycles. The third-order valence-corrected chi connectivity index (χ3v) is 0.907. The van der Waals surface area contributed by atoms with Crippen molar-refractivity contribution in [2.75, 3.05) is 0 Å². The van der Waals surface area contributed by atoms with Crippen molar-refractivity contribution in [3.05, 3.63) is 12.3 Å². The van der Waals surface area contributed by atoms with E-state index in [4.69, 9.17) is 9.47 Å². The zero-order valence-electron chi connectivity index (χ0n) is 8.03. The third-order valence-electron chi connectivity index (χ3n) is 0.907. The summed E-state index contributed by atoms with van der Waals surface area (Å²) in [6.45, 7) is 7.38. The number of hydrogen-bond donors (Lipinski definition) is 0. The van der Waals surface area contributed by atoms with Gasteiger partial charge in [0.25, 0.3) is 0 Å². The van der Waals surface area contributed by atoms with E-state index in [1.807, 2.05) is 13.8 Å². The highest BCUT2D eigenvalue weighted by molar-refractivity contribution is 5.81. The second-order valence-electron chi connectivity index (χ2n) is 2.97. The predicted molar refractivity (Wildman–Crippen MR) is 46.6 cm³/mol. The maximum absolute atomic E-state index is 10.8. The number of esters is 1. The highest BCUT2D eigenvalue weighted by Gasteiger charge is 1.99. The summed E-state index contributed by atoms with van der Waals surface area (Å²) >= 11 is 0. The van der Waals surface area contributed by atoms with Crippen LogP contribution in [0, 0.1) is 0 Å². The SMILES string of the molecule is CC(C)O/C=C/C(=O)OC(C)C. The van der Waals surface area contributed by atoms with E-state index in [1.54, 1.807) is 13.8 Å². The van der Waals surface area contributed by atoms with E-state index in [9.17, 15) is 4.79 Å². The predicted octanol–water partition coefficient (Wildman–Crippen LogP) is 1.88. The fourth-order valence-electron chi connectivity index (χ4n) is 0.524. The van der Waals surface area contributed by atoms with Gasteiger partial charge >= 0.3 is 5.97 Å². The van der Waals surface area contributed by atoms with Gasteiger partial charge in [-0.2, -0.15) is 0 Å². The highest BCUT2D eigenvalue weighted by Crippen LogP contribution is 1.92. The standard InChI is InChI=1S/C9H16O3/c1-7(2)11-6-5-9(10)12-8(3)4/h5-8H,1-4H3/b6-5+. The van der Waals surface area contributed by atoms with Gasteiger partial charge in [-0.05, 0) is 27.7 Å². The Morgan fingerprint density at radius 3 is 2.17 bits per heavy atom. The fourth-order valence-corrected chi connectivity index (χ4v) is 0.524. The van der Waals surface area contributed by atoms with Gasteiger partial charge in [0.05, 0.1) is 24.5 Å². The minimum atomic E-state index is -0.370. The van der Waals surface area contributed by atoms with Crippen molar-refractivity contribution >= 4 is 5.97 Å². The quantitative estimate of drug-likeness (QED) is 0.369. The Labute approximate surface area is 73.4 Å². The molecule has 0 spiro atoms. The van der Waals surface area contributed by atoms with Gasteiger partial charge in [-0.3, -0.25) is 0 Å². The van der Waals surface area contributed by atoms with Crippen LogP contribution in [-0.2, 0) is 14.3 Å². The maximum Gasteiger partial charge on any atom is 0.334 e. The average molecular weight is 172 g/mol. The largest absolute Gasteiger partial charge is 0.498 e. The topological polar surface area (TPSA) is 35.5 Å². The molecule has 3 heteroatoms. The number of ether oxygens (including phenoxy) is 2. The first-order chi connectivity index (χ1) is 5.52. The first-order valence-electron chi connectivity index (χ1n) is 4.05. The molecule has 0 aliphatic heterocycles. The van der Waals surface area contributed by atoms with Crippen LogP contribution in [0.3, 0.4) is 0 Å². The molecule has 0 aromatic heterocycles. The first kappa shape index (κ1) is 11.0. The first-order valence-corrected chi connectivity index (χ1v) is 4.05. The summed E-state index contributed by atoms with van der Waals surface area (Å²) in [6, 6.07) is 0. The molecule has 0 N–H and O–H groups in total. The Bertz CT molecular complexity index is 159. The molecule has 0 aromatic rings. The lowest BCUT2D eigenvalue weighted by atomic mass is 10.5. The van der Waals surface area contributed by atoms with E-state index in [2.05, 4.69) is 0 Å². The molecule has 0 aromatic carbocycles. The lowest BCUT2D eigenvalue weighted by Gasteiger charge is -2.05. The molecule has 0 aliphatic rings. The van der Waals surface area contributed by atoms with Gasteiger partial charge in [0.15, 0.2) is 0 Å². The highest BCUT2D eigenvalue weighted by atomic mass is 16.5. The van der Waals surface area contributed by atoms with Crippen molar-refractivity contribution in [2.45, 2.75) is 39.9 Å². The fraction of sp³-hybridized carbons (Fsp3) is 0.667. The van der Waals surface area contributed by atoms with Gasteiger partial charge in [0.1, 0.15) is 0 Å². The molecule has 0 aliphatic carbocycles. The van der Waals surface area contributed by atoms with E-state index in [1.165, 1.54) is 12.3 Å². The summed E-state index contributed by atoms with van der Waals surface area (Å²) in [5.74, 6) is -0.370. The zero-order valence-corrected chi connectivity index (χ0v) is 8.03.